The Kier molecular flexibility index (Phi) is 5.04. The zero-order chi connectivity index (χ0) is 14.5. The highest BCUT2D eigenvalue weighted by Gasteiger charge is 2.12. The third-order valence-corrected chi connectivity index (χ3v) is 4.24. The van der Waals surface area contributed by atoms with Crippen molar-refractivity contribution in [2.45, 2.75) is 19.9 Å². The first kappa shape index (κ1) is 14.9. The van der Waals surface area contributed by atoms with Crippen LogP contribution in [-0.4, -0.2) is 17.6 Å². The molecule has 0 saturated heterocycles. The molecular formula is C15H16ClNO2S. The van der Waals surface area contributed by atoms with E-state index in [1.54, 1.807) is 0 Å². The van der Waals surface area contributed by atoms with Crippen LogP contribution in [0.15, 0.2) is 36.4 Å². The minimum atomic E-state index is -0.784. The van der Waals surface area contributed by atoms with Gasteiger partial charge in [0.25, 0.3) is 0 Å². The van der Waals surface area contributed by atoms with Crippen molar-refractivity contribution < 1.29 is 9.90 Å². The molecule has 0 unspecified atom stereocenters. The number of nitrogens with zero attached hydrogens (tertiary/aromatic N) is 1. The fourth-order valence-electron chi connectivity index (χ4n) is 2.06. The molecule has 1 heterocycles. The van der Waals surface area contributed by atoms with Crippen molar-refractivity contribution in [3.05, 3.63) is 51.2 Å². The molecule has 0 saturated carbocycles. The summed E-state index contributed by atoms with van der Waals surface area (Å²) in [5, 5.41) is 8.90. The number of aliphatic carboxylic acids is 1. The lowest BCUT2D eigenvalue weighted by Gasteiger charge is -2.25. The molecule has 0 spiro atoms. The summed E-state index contributed by atoms with van der Waals surface area (Å²) >= 11 is 7.48. The normalized spacial score (nSPS) is 10.5. The van der Waals surface area contributed by atoms with Gasteiger partial charge in [-0.3, -0.25) is 4.79 Å². The lowest BCUT2D eigenvalue weighted by molar-refractivity contribution is -0.136. The first-order valence-corrected chi connectivity index (χ1v) is 7.52. The maximum absolute atomic E-state index is 10.8. The Bertz CT molecular complexity index is 597. The minimum Gasteiger partial charge on any atom is -0.481 e. The molecule has 0 aliphatic rings. The van der Waals surface area contributed by atoms with Gasteiger partial charge in [-0.1, -0.05) is 29.8 Å². The molecule has 2 rings (SSSR count). The molecule has 0 aliphatic carbocycles. The third kappa shape index (κ3) is 3.99. The number of carbonyl (C=O) groups is 1. The van der Waals surface area contributed by atoms with Gasteiger partial charge in [-0.05, 0) is 30.7 Å². The summed E-state index contributed by atoms with van der Waals surface area (Å²) in [7, 11) is 0. The van der Waals surface area contributed by atoms with E-state index in [9.17, 15) is 4.79 Å². The van der Waals surface area contributed by atoms with E-state index in [1.807, 2.05) is 43.3 Å². The van der Waals surface area contributed by atoms with Crippen LogP contribution in [0.25, 0.3) is 0 Å². The van der Waals surface area contributed by atoms with Crippen LogP contribution in [0.4, 0.5) is 5.69 Å². The molecular weight excluding hydrogens is 294 g/mol. The standard InChI is InChI=1S/C15H16ClNO2S/c1-11-4-2-3-5-13(11)17(9-8-15(18)19)10-12-6-7-14(16)20-12/h2-7H,8-10H2,1H3,(H,18,19). The van der Waals surface area contributed by atoms with Gasteiger partial charge in [-0.15, -0.1) is 11.3 Å². The van der Waals surface area contributed by atoms with Crippen molar-refractivity contribution in [1.29, 1.82) is 0 Å². The number of anilines is 1. The highest BCUT2D eigenvalue weighted by Crippen LogP contribution is 2.26. The number of hydrogen-bond acceptors (Lipinski definition) is 3. The number of aryl methyl sites for hydroxylation is 1. The van der Waals surface area contributed by atoms with Crippen LogP contribution in [-0.2, 0) is 11.3 Å². The minimum absolute atomic E-state index is 0.118. The molecule has 0 bridgehead atoms. The molecule has 0 fully saturated rings. The molecule has 20 heavy (non-hydrogen) atoms. The van der Waals surface area contributed by atoms with E-state index >= 15 is 0 Å². The number of thiophene rings is 1. The number of para-hydroxylation sites is 1. The van der Waals surface area contributed by atoms with Crippen LogP contribution < -0.4 is 4.90 Å². The van der Waals surface area contributed by atoms with Crippen molar-refractivity contribution in [3.63, 3.8) is 0 Å². The zero-order valence-electron chi connectivity index (χ0n) is 11.2. The summed E-state index contributed by atoms with van der Waals surface area (Å²) < 4.78 is 0.753. The quantitative estimate of drug-likeness (QED) is 0.869. The Labute approximate surface area is 127 Å². The number of carboxylic acid groups (broad SMARTS) is 1. The van der Waals surface area contributed by atoms with Crippen LogP contribution in [0.5, 0.6) is 0 Å². The van der Waals surface area contributed by atoms with Gasteiger partial charge in [0.2, 0.25) is 0 Å². The predicted octanol–water partition coefficient (Wildman–Crippen LogP) is 4.19. The van der Waals surface area contributed by atoms with E-state index in [4.69, 9.17) is 16.7 Å². The second-order valence-corrected chi connectivity index (χ2v) is 6.36. The molecule has 0 radical (unpaired) electrons. The predicted molar refractivity (Wildman–Crippen MR) is 83.8 cm³/mol. The number of benzene rings is 1. The van der Waals surface area contributed by atoms with E-state index in [2.05, 4.69) is 4.90 Å². The maximum Gasteiger partial charge on any atom is 0.305 e. The highest BCUT2D eigenvalue weighted by atomic mass is 35.5. The van der Waals surface area contributed by atoms with E-state index in [0.29, 0.717) is 13.1 Å². The molecule has 2 aromatic rings. The van der Waals surface area contributed by atoms with Crippen molar-refractivity contribution in [3.8, 4) is 0 Å². The molecule has 1 aromatic heterocycles. The van der Waals surface area contributed by atoms with E-state index < -0.39 is 5.97 Å². The van der Waals surface area contributed by atoms with Crippen molar-refractivity contribution >= 4 is 34.6 Å². The molecule has 1 N–H and O–H groups in total. The Morgan fingerprint density at radius 1 is 1.30 bits per heavy atom. The fraction of sp³-hybridized carbons (Fsp3) is 0.267. The molecule has 3 nitrogen and oxygen atoms in total. The van der Waals surface area contributed by atoms with E-state index in [-0.39, 0.29) is 6.42 Å². The number of hydrogen-bond donors (Lipinski definition) is 1. The Hall–Kier alpha value is -1.52. The third-order valence-electron chi connectivity index (χ3n) is 3.03. The van der Waals surface area contributed by atoms with Crippen LogP contribution >= 0.6 is 22.9 Å². The van der Waals surface area contributed by atoms with Gasteiger partial charge in [0, 0.05) is 17.1 Å². The van der Waals surface area contributed by atoms with Crippen LogP contribution in [0.3, 0.4) is 0 Å². The summed E-state index contributed by atoms with van der Waals surface area (Å²) in [4.78, 5) is 14.0. The summed E-state index contributed by atoms with van der Waals surface area (Å²) in [6, 6.07) is 11.9. The average molecular weight is 310 g/mol. The van der Waals surface area contributed by atoms with Gasteiger partial charge in [0.1, 0.15) is 0 Å². The van der Waals surface area contributed by atoms with Gasteiger partial charge in [0.05, 0.1) is 17.3 Å². The van der Waals surface area contributed by atoms with E-state index in [1.165, 1.54) is 11.3 Å². The second kappa shape index (κ2) is 6.77. The first-order valence-electron chi connectivity index (χ1n) is 6.33. The van der Waals surface area contributed by atoms with Crippen LogP contribution in [0, 0.1) is 6.92 Å². The van der Waals surface area contributed by atoms with Gasteiger partial charge in [0.15, 0.2) is 0 Å². The fourth-order valence-corrected chi connectivity index (χ4v) is 3.16. The molecule has 0 aliphatic heterocycles. The van der Waals surface area contributed by atoms with Crippen LogP contribution in [0.1, 0.15) is 16.9 Å². The average Bonchev–Trinajstić information content (AvgIpc) is 2.81. The smallest absolute Gasteiger partial charge is 0.305 e. The number of carboxylic acids is 1. The lowest BCUT2D eigenvalue weighted by Crippen LogP contribution is -2.25. The number of rotatable bonds is 6. The maximum atomic E-state index is 10.8. The highest BCUT2D eigenvalue weighted by molar-refractivity contribution is 7.16. The van der Waals surface area contributed by atoms with Gasteiger partial charge >= 0.3 is 5.97 Å². The van der Waals surface area contributed by atoms with Crippen molar-refractivity contribution in [2.24, 2.45) is 0 Å². The Balaban J connectivity index is 2.20. The molecule has 1 aromatic carbocycles. The zero-order valence-corrected chi connectivity index (χ0v) is 12.7. The largest absolute Gasteiger partial charge is 0.481 e. The Morgan fingerprint density at radius 2 is 2.05 bits per heavy atom. The summed E-state index contributed by atoms with van der Waals surface area (Å²) in [6.45, 7) is 3.19. The number of halogens is 1. The summed E-state index contributed by atoms with van der Waals surface area (Å²) in [6.07, 6.45) is 0.118. The van der Waals surface area contributed by atoms with Gasteiger partial charge in [-0.2, -0.15) is 0 Å². The van der Waals surface area contributed by atoms with Crippen molar-refractivity contribution in [1.82, 2.24) is 0 Å². The van der Waals surface area contributed by atoms with Gasteiger partial charge < -0.3 is 10.0 Å². The molecule has 0 atom stereocenters. The Morgan fingerprint density at radius 3 is 2.65 bits per heavy atom. The monoisotopic (exact) mass is 309 g/mol. The van der Waals surface area contributed by atoms with Gasteiger partial charge in [-0.25, -0.2) is 0 Å². The summed E-state index contributed by atoms with van der Waals surface area (Å²) in [5.41, 5.74) is 2.21. The molecule has 0 amide bonds. The lowest BCUT2D eigenvalue weighted by atomic mass is 10.1. The first-order chi connectivity index (χ1) is 9.56. The van der Waals surface area contributed by atoms with Crippen LogP contribution in [0.2, 0.25) is 4.34 Å². The van der Waals surface area contributed by atoms with Crippen molar-refractivity contribution in [2.75, 3.05) is 11.4 Å². The molecule has 106 valence electrons. The topological polar surface area (TPSA) is 40.5 Å². The second-order valence-electron chi connectivity index (χ2n) is 4.56. The van der Waals surface area contributed by atoms with E-state index in [0.717, 1.165) is 20.5 Å². The molecule has 5 heteroatoms. The SMILES string of the molecule is Cc1ccccc1N(CCC(=O)O)Cc1ccc(Cl)s1. The summed E-state index contributed by atoms with van der Waals surface area (Å²) in [5.74, 6) is -0.784.